The van der Waals surface area contributed by atoms with Gasteiger partial charge in [-0.3, -0.25) is 9.59 Å². The van der Waals surface area contributed by atoms with Gasteiger partial charge in [-0.25, -0.2) is 4.68 Å². The highest BCUT2D eigenvalue weighted by atomic mass is 32.1. The van der Waals surface area contributed by atoms with Crippen LogP contribution in [0.25, 0.3) is 11.0 Å². The number of benzene rings is 1. The minimum atomic E-state index is -0.880. The number of para-hydroxylation sites is 1. The van der Waals surface area contributed by atoms with Crippen LogP contribution in [0.4, 0.5) is 0 Å². The van der Waals surface area contributed by atoms with E-state index in [1.54, 1.807) is 27.0 Å². The Morgan fingerprint density at radius 2 is 1.97 bits per heavy atom. The van der Waals surface area contributed by atoms with Crippen molar-refractivity contribution in [1.29, 1.82) is 0 Å². The number of nitrogens with one attached hydrogen (secondary N) is 1. The third-order valence-corrected chi connectivity index (χ3v) is 7.34. The van der Waals surface area contributed by atoms with Crippen LogP contribution in [0, 0.1) is 6.92 Å². The fourth-order valence-corrected chi connectivity index (χ4v) is 5.40. The third kappa shape index (κ3) is 5.30. The maximum Gasteiger partial charge on any atom is 0.250 e. The molecule has 1 unspecified atom stereocenters. The van der Waals surface area contributed by atoms with Gasteiger partial charge in [0.05, 0.1) is 12.1 Å². The van der Waals surface area contributed by atoms with Crippen molar-refractivity contribution in [3.63, 3.8) is 0 Å². The Kier molecular flexibility index (Phi) is 6.94. The molecule has 1 atom stereocenters. The molecule has 4 aromatic rings. The third-order valence-electron chi connectivity index (χ3n) is 6.47. The lowest BCUT2D eigenvalue weighted by Crippen LogP contribution is -2.47. The Hall–Kier alpha value is -3.46. The Bertz CT molecular complexity index is 1290. The molecule has 1 aromatic carbocycles. The van der Waals surface area contributed by atoms with Crippen molar-refractivity contribution < 1.29 is 14.0 Å². The van der Waals surface area contributed by atoms with Gasteiger partial charge in [0, 0.05) is 10.9 Å². The Morgan fingerprint density at radius 1 is 1.14 bits per heavy atom. The van der Waals surface area contributed by atoms with Crippen LogP contribution in [-0.4, -0.2) is 37.7 Å². The number of rotatable bonds is 8. The van der Waals surface area contributed by atoms with Gasteiger partial charge in [-0.1, -0.05) is 42.7 Å². The molecule has 1 fully saturated rings. The van der Waals surface area contributed by atoms with E-state index in [9.17, 15) is 9.59 Å². The van der Waals surface area contributed by atoms with E-state index in [-0.39, 0.29) is 24.4 Å². The van der Waals surface area contributed by atoms with Crippen LogP contribution in [0.3, 0.4) is 0 Å². The average molecular weight is 492 g/mol. The molecule has 35 heavy (non-hydrogen) atoms. The van der Waals surface area contributed by atoms with Gasteiger partial charge >= 0.3 is 0 Å². The summed E-state index contributed by atoms with van der Waals surface area (Å²) in [4.78, 5) is 30.1. The van der Waals surface area contributed by atoms with E-state index in [0.29, 0.717) is 18.1 Å². The fourth-order valence-electron chi connectivity index (χ4n) is 4.70. The number of nitrogens with zero attached hydrogens (tertiary/aromatic N) is 4. The van der Waals surface area contributed by atoms with E-state index in [0.717, 1.165) is 41.6 Å². The molecule has 8 nitrogen and oxygen atoms in total. The summed E-state index contributed by atoms with van der Waals surface area (Å²) in [5.74, 6) is 0.719. The predicted molar refractivity (Wildman–Crippen MR) is 134 cm³/mol. The number of furan rings is 1. The zero-order chi connectivity index (χ0) is 24.2. The van der Waals surface area contributed by atoms with Crippen molar-refractivity contribution in [3.8, 4) is 0 Å². The molecule has 0 aliphatic heterocycles. The highest BCUT2D eigenvalue weighted by Crippen LogP contribution is 2.28. The molecule has 182 valence electrons. The lowest BCUT2D eigenvalue weighted by Gasteiger charge is -2.32. The molecule has 0 bridgehead atoms. The van der Waals surface area contributed by atoms with E-state index in [1.165, 1.54) is 6.42 Å². The normalized spacial score (nSPS) is 15.2. The van der Waals surface area contributed by atoms with E-state index in [2.05, 4.69) is 15.6 Å². The highest BCUT2D eigenvalue weighted by Gasteiger charge is 2.35. The molecule has 1 saturated carbocycles. The standard InChI is InChI=1S/C26H29N5O3S/c1-18-13-14-23(34-18)25(26(33)27-19-8-3-2-4-9-19)30(16-20-10-7-15-35-20)24(32)17-31-22-12-6-5-11-21(22)28-29-31/h5-7,10-15,19,25H,2-4,8-9,16-17H2,1H3,(H,27,33). The lowest BCUT2D eigenvalue weighted by molar-refractivity contribution is -0.143. The number of fused-ring (bicyclic) bond motifs is 1. The summed E-state index contributed by atoms with van der Waals surface area (Å²) in [7, 11) is 0. The molecule has 3 heterocycles. The number of aryl methyl sites for hydroxylation is 1. The Balaban J connectivity index is 1.48. The lowest BCUT2D eigenvalue weighted by atomic mass is 9.95. The summed E-state index contributed by atoms with van der Waals surface area (Å²) in [5, 5.41) is 13.5. The second-order valence-corrected chi connectivity index (χ2v) is 10.1. The van der Waals surface area contributed by atoms with E-state index >= 15 is 0 Å². The minimum absolute atomic E-state index is 0.0290. The molecule has 9 heteroatoms. The molecule has 0 spiro atoms. The second kappa shape index (κ2) is 10.4. The van der Waals surface area contributed by atoms with Crippen molar-refractivity contribution in [2.75, 3.05) is 0 Å². The molecule has 5 rings (SSSR count). The Morgan fingerprint density at radius 3 is 2.71 bits per heavy atom. The predicted octanol–water partition coefficient (Wildman–Crippen LogP) is 4.61. The summed E-state index contributed by atoms with van der Waals surface area (Å²) in [5.41, 5.74) is 1.49. The molecule has 3 aromatic heterocycles. The molecular weight excluding hydrogens is 462 g/mol. The Labute approximate surface area is 207 Å². The van der Waals surface area contributed by atoms with Crippen LogP contribution in [-0.2, 0) is 22.7 Å². The summed E-state index contributed by atoms with van der Waals surface area (Å²) in [6.07, 6.45) is 5.32. The van der Waals surface area contributed by atoms with Gasteiger partial charge in [-0.2, -0.15) is 0 Å². The first-order valence-electron chi connectivity index (χ1n) is 12.1. The number of hydrogen-bond acceptors (Lipinski definition) is 6. The number of thiophene rings is 1. The quantitative estimate of drug-likeness (QED) is 0.388. The number of hydrogen-bond donors (Lipinski definition) is 1. The first-order valence-corrected chi connectivity index (χ1v) is 12.9. The van der Waals surface area contributed by atoms with Crippen molar-refractivity contribution in [1.82, 2.24) is 25.2 Å². The zero-order valence-corrected chi connectivity index (χ0v) is 20.5. The average Bonchev–Trinajstić information content (AvgIpc) is 3.62. The topological polar surface area (TPSA) is 93.3 Å². The molecule has 0 saturated heterocycles. The maximum absolute atomic E-state index is 13.8. The van der Waals surface area contributed by atoms with Gasteiger partial charge in [0.15, 0.2) is 6.04 Å². The zero-order valence-electron chi connectivity index (χ0n) is 19.7. The number of amides is 2. The van der Waals surface area contributed by atoms with Crippen LogP contribution in [0.5, 0.6) is 0 Å². The SMILES string of the molecule is Cc1ccc(C(C(=O)NC2CCCCC2)N(Cc2cccs2)C(=O)Cn2nnc3ccccc32)o1. The minimum Gasteiger partial charge on any atom is -0.464 e. The fraction of sp³-hybridized carbons (Fsp3) is 0.385. The van der Waals surface area contributed by atoms with E-state index in [1.807, 2.05) is 54.8 Å². The van der Waals surface area contributed by atoms with Crippen molar-refractivity contribution in [3.05, 3.63) is 70.3 Å². The molecule has 2 amide bonds. The van der Waals surface area contributed by atoms with Gasteiger partial charge in [0.1, 0.15) is 23.6 Å². The van der Waals surface area contributed by atoms with Gasteiger partial charge < -0.3 is 14.6 Å². The van der Waals surface area contributed by atoms with Gasteiger partial charge in [0.2, 0.25) is 5.91 Å². The monoisotopic (exact) mass is 491 g/mol. The van der Waals surface area contributed by atoms with Gasteiger partial charge in [-0.05, 0) is 55.5 Å². The summed E-state index contributed by atoms with van der Waals surface area (Å²) in [6.45, 7) is 2.11. The number of carbonyl (C=O) groups is 2. The van der Waals surface area contributed by atoms with Crippen LogP contribution in [0.15, 0.2) is 58.3 Å². The maximum atomic E-state index is 13.8. The molecular formula is C26H29N5O3S. The second-order valence-electron chi connectivity index (χ2n) is 9.03. The molecule has 1 aliphatic carbocycles. The summed E-state index contributed by atoms with van der Waals surface area (Å²) < 4.78 is 7.51. The van der Waals surface area contributed by atoms with E-state index < -0.39 is 6.04 Å². The smallest absolute Gasteiger partial charge is 0.250 e. The van der Waals surface area contributed by atoms with Crippen LogP contribution >= 0.6 is 11.3 Å². The van der Waals surface area contributed by atoms with Crippen LogP contribution in [0.1, 0.15) is 54.5 Å². The molecule has 1 N–H and O–H groups in total. The summed E-state index contributed by atoms with van der Waals surface area (Å²) in [6, 6.07) is 14.3. The van der Waals surface area contributed by atoms with Crippen molar-refractivity contribution >= 4 is 34.2 Å². The first-order chi connectivity index (χ1) is 17.1. The molecule has 1 aliphatic rings. The number of aromatic nitrogens is 3. The van der Waals surface area contributed by atoms with E-state index in [4.69, 9.17) is 4.42 Å². The van der Waals surface area contributed by atoms with Gasteiger partial charge in [0.25, 0.3) is 5.91 Å². The first kappa shape index (κ1) is 23.3. The van der Waals surface area contributed by atoms with Crippen LogP contribution < -0.4 is 5.32 Å². The highest BCUT2D eigenvalue weighted by molar-refractivity contribution is 7.09. The van der Waals surface area contributed by atoms with Crippen molar-refractivity contribution in [2.24, 2.45) is 0 Å². The van der Waals surface area contributed by atoms with Crippen LogP contribution in [0.2, 0.25) is 0 Å². The summed E-state index contributed by atoms with van der Waals surface area (Å²) >= 11 is 1.55. The number of carbonyl (C=O) groups excluding carboxylic acids is 2. The van der Waals surface area contributed by atoms with Crippen molar-refractivity contribution in [2.45, 2.75) is 64.2 Å². The van der Waals surface area contributed by atoms with Gasteiger partial charge in [-0.15, -0.1) is 16.4 Å². The largest absolute Gasteiger partial charge is 0.464 e. The molecule has 0 radical (unpaired) electrons.